The Morgan fingerprint density at radius 1 is 0.974 bits per heavy atom. The number of hydrogen-bond acceptors (Lipinski definition) is 6. The summed E-state index contributed by atoms with van der Waals surface area (Å²) >= 11 is 0. The lowest BCUT2D eigenvalue weighted by Crippen LogP contribution is -2.40. The highest BCUT2D eigenvalue weighted by Crippen LogP contribution is 2.35. The number of aryl methyl sites for hydroxylation is 1. The van der Waals surface area contributed by atoms with E-state index in [-0.39, 0.29) is 11.4 Å². The Labute approximate surface area is 227 Å². The third-order valence-electron chi connectivity index (χ3n) is 7.06. The number of benzene rings is 3. The van der Waals surface area contributed by atoms with E-state index in [2.05, 4.69) is 40.4 Å². The summed E-state index contributed by atoms with van der Waals surface area (Å²) in [6.07, 6.45) is 4.67. The number of rotatable bonds is 5. The standard InChI is InChI=1S/C28H27BN4O5S/c29-24(17-30-28(34)32-39(35,36)22-10-11-25-26(15-22)38-13-12-37-25)23-7-3-6-20-16-31-33(27(20)23)21-9-8-18-4-1-2-5-19(18)14-21/h1-2,4-5,8-11,14-16H,3,6-7,12-13,17,29H2,(H2,30,32,34)/b24-23+. The quantitative estimate of drug-likeness (QED) is 0.375. The Morgan fingerprint density at radius 3 is 2.62 bits per heavy atom. The van der Waals surface area contributed by atoms with Crippen molar-refractivity contribution in [2.45, 2.75) is 24.2 Å². The number of nitrogens with zero attached hydrogens (tertiary/aromatic N) is 2. The molecule has 0 unspecified atom stereocenters. The SMILES string of the molecule is B/C(CNC(=O)NS(=O)(=O)c1ccc2c(c1)OCCO2)=C1\CCCc2cnn(-c3ccc4ccccc4c3)c21. The van der Waals surface area contributed by atoms with E-state index in [1.165, 1.54) is 18.2 Å². The molecule has 198 valence electrons. The molecule has 0 atom stereocenters. The van der Waals surface area contributed by atoms with Crippen LogP contribution in [0.3, 0.4) is 0 Å². The Bertz CT molecular complexity index is 1730. The summed E-state index contributed by atoms with van der Waals surface area (Å²) in [7, 11) is -2.14. The van der Waals surface area contributed by atoms with Crippen molar-refractivity contribution in [1.29, 1.82) is 0 Å². The van der Waals surface area contributed by atoms with Crippen LogP contribution in [0.5, 0.6) is 11.5 Å². The smallest absolute Gasteiger partial charge is 0.328 e. The average molecular weight is 542 g/mol. The Balaban J connectivity index is 1.20. The van der Waals surface area contributed by atoms with E-state index < -0.39 is 16.1 Å². The summed E-state index contributed by atoms with van der Waals surface area (Å²) in [6, 6.07) is 17.9. The average Bonchev–Trinajstić information content (AvgIpc) is 3.39. The number of ether oxygens (including phenoxy) is 2. The van der Waals surface area contributed by atoms with E-state index in [0.29, 0.717) is 24.7 Å². The fourth-order valence-corrected chi connectivity index (χ4v) is 6.05. The molecule has 9 nitrogen and oxygen atoms in total. The summed E-state index contributed by atoms with van der Waals surface area (Å²) < 4.78 is 40.6. The van der Waals surface area contributed by atoms with Crippen LogP contribution in [0.15, 0.2) is 77.2 Å². The number of amides is 2. The molecule has 2 amide bonds. The molecule has 6 rings (SSSR count). The van der Waals surface area contributed by atoms with Crippen LogP contribution in [0, 0.1) is 0 Å². The molecule has 2 N–H and O–H groups in total. The number of urea groups is 1. The highest BCUT2D eigenvalue weighted by atomic mass is 32.2. The van der Waals surface area contributed by atoms with Crippen molar-refractivity contribution >= 4 is 40.2 Å². The highest BCUT2D eigenvalue weighted by molar-refractivity contribution is 7.90. The van der Waals surface area contributed by atoms with Gasteiger partial charge in [-0.1, -0.05) is 35.8 Å². The maximum atomic E-state index is 12.8. The van der Waals surface area contributed by atoms with Crippen molar-refractivity contribution < 1.29 is 22.7 Å². The molecular formula is C28H27BN4O5S. The fraction of sp³-hybridized carbons (Fsp3) is 0.214. The lowest BCUT2D eigenvalue weighted by molar-refractivity contribution is 0.171. The van der Waals surface area contributed by atoms with E-state index in [9.17, 15) is 13.2 Å². The lowest BCUT2D eigenvalue weighted by Gasteiger charge is -2.21. The van der Waals surface area contributed by atoms with E-state index in [0.717, 1.165) is 58.0 Å². The van der Waals surface area contributed by atoms with Gasteiger partial charge in [0.1, 0.15) is 21.1 Å². The Morgan fingerprint density at radius 2 is 1.77 bits per heavy atom. The summed E-state index contributed by atoms with van der Waals surface area (Å²) in [5, 5.41) is 9.70. The van der Waals surface area contributed by atoms with Gasteiger partial charge in [-0.25, -0.2) is 22.6 Å². The van der Waals surface area contributed by atoms with E-state index in [1.54, 1.807) is 0 Å². The van der Waals surface area contributed by atoms with Gasteiger partial charge >= 0.3 is 6.03 Å². The van der Waals surface area contributed by atoms with Gasteiger partial charge < -0.3 is 14.8 Å². The maximum absolute atomic E-state index is 12.8. The summed E-state index contributed by atoms with van der Waals surface area (Å²) in [5.74, 6) is 0.808. The molecule has 0 spiro atoms. The molecular weight excluding hydrogens is 515 g/mol. The first-order valence-electron chi connectivity index (χ1n) is 12.8. The minimum absolute atomic E-state index is 0.0758. The van der Waals surface area contributed by atoms with Gasteiger partial charge in [0, 0.05) is 12.6 Å². The van der Waals surface area contributed by atoms with Gasteiger partial charge in [-0.3, -0.25) is 0 Å². The van der Waals surface area contributed by atoms with Crippen molar-refractivity contribution in [3.8, 4) is 17.2 Å². The van der Waals surface area contributed by atoms with Gasteiger partial charge in [0.15, 0.2) is 11.5 Å². The zero-order valence-corrected chi connectivity index (χ0v) is 22.3. The molecule has 0 radical (unpaired) electrons. The lowest BCUT2D eigenvalue weighted by atomic mass is 9.82. The molecule has 0 fully saturated rings. The van der Waals surface area contributed by atoms with Crippen LogP contribution < -0.4 is 19.5 Å². The predicted octanol–water partition coefficient (Wildman–Crippen LogP) is 3.17. The van der Waals surface area contributed by atoms with Gasteiger partial charge in [-0.2, -0.15) is 5.10 Å². The molecule has 11 heteroatoms. The second-order valence-corrected chi connectivity index (χ2v) is 11.4. The number of allylic oxidation sites excluding steroid dienone is 1. The molecule has 4 aromatic rings. The number of sulfonamides is 1. The van der Waals surface area contributed by atoms with Crippen molar-refractivity contribution in [1.82, 2.24) is 19.8 Å². The zero-order valence-electron chi connectivity index (χ0n) is 21.4. The molecule has 2 heterocycles. The highest BCUT2D eigenvalue weighted by Gasteiger charge is 2.24. The molecule has 0 saturated heterocycles. The molecule has 0 bridgehead atoms. The van der Waals surface area contributed by atoms with Crippen molar-refractivity contribution in [3.63, 3.8) is 0 Å². The number of aromatic nitrogens is 2. The number of nitrogens with one attached hydrogen (secondary N) is 2. The molecule has 0 saturated carbocycles. The van der Waals surface area contributed by atoms with Gasteiger partial charge in [0.05, 0.1) is 22.5 Å². The Hall–Kier alpha value is -4.25. The third-order valence-corrected chi connectivity index (χ3v) is 8.39. The second kappa shape index (κ2) is 10.1. The van der Waals surface area contributed by atoms with Crippen LogP contribution in [-0.2, 0) is 16.4 Å². The van der Waals surface area contributed by atoms with Crippen LogP contribution in [0.4, 0.5) is 4.79 Å². The minimum atomic E-state index is -4.09. The normalized spacial score (nSPS) is 15.9. The molecule has 1 aliphatic heterocycles. The van der Waals surface area contributed by atoms with Crippen molar-refractivity contribution in [2.24, 2.45) is 0 Å². The predicted molar refractivity (Wildman–Crippen MR) is 151 cm³/mol. The molecule has 39 heavy (non-hydrogen) atoms. The summed E-state index contributed by atoms with van der Waals surface area (Å²) in [4.78, 5) is 12.5. The number of carbonyl (C=O) groups is 1. The van der Waals surface area contributed by atoms with Crippen molar-refractivity contribution in [2.75, 3.05) is 19.8 Å². The topological polar surface area (TPSA) is 112 Å². The first-order chi connectivity index (χ1) is 18.9. The van der Waals surface area contributed by atoms with Crippen LogP contribution in [0.1, 0.15) is 24.1 Å². The van der Waals surface area contributed by atoms with Gasteiger partial charge in [-0.15, -0.1) is 0 Å². The second-order valence-electron chi connectivity index (χ2n) is 9.67. The third kappa shape index (κ3) is 4.97. The maximum Gasteiger partial charge on any atom is 0.328 e. The van der Waals surface area contributed by atoms with Crippen LogP contribution in [0.25, 0.3) is 22.0 Å². The van der Waals surface area contributed by atoms with E-state index in [4.69, 9.17) is 14.6 Å². The fourth-order valence-electron chi connectivity index (χ4n) is 5.11. The van der Waals surface area contributed by atoms with Crippen LogP contribution in [0.2, 0.25) is 0 Å². The number of carbonyl (C=O) groups excluding carboxylic acids is 1. The summed E-state index contributed by atoms with van der Waals surface area (Å²) in [6.45, 7) is 0.930. The van der Waals surface area contributed by atoms with Crippen LogP contribution in [-0.4, -0.2) is 51.8 Å². The zero-order chi connectivity index (χ0) is 27.0. The minimum Gasteiger partial charge on any atom is -0.486 e. The molecule has 1 aliphatic carbocycles. The first-order valence-corrected chi connectivity index (χ1v) is 14.3. The molecule has 1 aromatic heterocycles. The van der Waals surface area contributed by atoms with Gasteiger partial charge in [0.2, 0.25) is 0 Å². The number of fused-ring (bicyclic) bond motifs is 3. The largest absolute Gasteiger partial charge is 0.486 e. The van der Waals surface area contributed by atoms with Gasteiger partial charge in [0.25, 0.3) is 10.0 Å². The van der Waals surface area contributed by atoms with Gasteiger partial charge in [-0.05, 0) is 65.4 Å². The van der Waals surface area contributed by atoms with E-state index >= 15 is 0 Å². The molecule has 3 aromatic carbocycles. The van der Waals surface area contributed by atoms with E-state index in [1.807, 2.05) is 30.9 Å². The molecule has 2 aliphatic rings. The van der Waals surface area contributed by atoms with Crippen molar-refractivity contribution in [3.05, 3.63) is 83.6 Å². The van der Waals surface area contributed by atoms with Crippen LogP contribution >= 0.6 is 0 Å². The number of hydrogen-bond donors (Lipinski definition) is 2. The first kappa shape index (κ1) is 25.1. The summed E-state index contributed by atoms with van der Waals surface area (Å²) in [5.41, 5.74) is 5.23. The monoisotopic (exact) mass is 542 g/mol. The Kier molecular flexibility index (Phi) is 6.52.